The molecule has 0 heterocycles. The zero-order valence-electron chi connectivity index (χ0n) is 10.2. The third-order valence-corrected chi connectivity index (χ3v) is 3.63. The Morgan fingerprint density at radius 1 is 1.47 bits per heavy atom. The maximum absolute atomic E-state index is 12.9. The van der Waals surface area contributed by atoms with Gasteiger partial charge in [0.2, 0.25) is 0 Å². The number of ketones is 1. The van der Waals surface area contributed by atoms with Crippen molar-refractivity contribution in [3.63, 3.8) is 0 Å². The molecule has 1 rings (SSSR count). The first kappa shape index (κ1) is 14.6. The van der Waals surface area contributed by atoms with E-state index in [4.69, 9.17) is 4.74 Å². The second-order valence-corrected chi connectivity index (χ2v) is 5.67. The predicted molar refractivity (Wildman–Crippen MR) is 73.8 cm³/mol. The van der Waals surface area contributed by atoms with Crippen LogP contribution in [0.2, 0.25) is 0 Å². The molecular formula is C13H16FIO2. The molecule has 94 valence electrons. The summed E-state index contributed by atoms with van der Waals surface area (Å²) in [6.45, 7) is 3.88. The van der Waals surface area contributed by atoms with Crippen molar-refractivity contribution in [2.24, 2.45) is 0 Å². The standard InChI is InChI=1S/C13H16FIO2/c1-13(2,17-3)7-6-12(16)10-5-4-9(14)8-11(10)15/h4-5,8H,6-7H2,1-3H3. The lowest BCUT2D eigenvalue weighted by molar-refractivity contribution is 0.0141. The smallest absolute Gasteiger partial charge is 0.164 e. The van der Waals surface area contributed by atoms with Gasteiger partial charge < -0.3 is 4.74 Å². The molecule has 1 aromatic carbocycles. The van der Waals surface area contributed by atoms with Crippen LogP contribution in [-0.4, -0.2) is 18.5 Å². The summed E-state index contributed by atoms with van der Waals surface area (Å²) in [5.41, 5.74) is 0.278. The van der Waals surface area contributed by atoms with Gasteiger partial charge in [0.15, 0.2) is 5.78 Å². The maximum atomic E-state index is 12.9. The number of benzene rings is 1. The molecule has 0 spiro atoms. The zero-order chi connectivity index (χ0) is 13.1. The number of halogens is 2. The van der Waals surface area contributed by atoms with Crippen LogP contribution in [0.25, 0.3) is 0 Å². The van der Waals surface area contributed by atoms with E-state index in [-0.39, 0.29) is 17.2 Å². The van der Waals surface area contributed by atoms with Crippen molar-refractivity contribution in [3.05, 3.63) is 33.1 Å². The molecule has 0 amide bonds. The quantitative estimate of drug-likeness (QED) is 0.596. The van der Waals surface area contributed by atoms with Crippen molar-refractivity contribution in [3.8, 4) is 0 Å². The van der Waals surface area contributed by atoms with E-state index in [1.807, 2.05) is 36.4 Å². The van der Waals surface area contributed by atoms with E-state index < -0.39 is 0 Å². The highest BCUT2D eigenvalue weighted by atomic mass is 127. The van der Waals surface area contributed by atoms with Gasteiger partial charge in [0, 0.05) is 22.7 Å². The van der Waals surface area contributed by atoms with Gasteiger partial charge in [0.1, 0.15) is 5.82 Å². The van der Waals surface area contributed by atoms with Crippen LogP contribution >= 0.6 is 22.6 Å². The largest absolute Gasteiger partial charge is 0.379 e. The van der Waals surface area contributed by atoms with Gasteiger partial charge in [-0.15, -0.1) is 0 Å². The van der Waals surface area contributed by atoms with Crippen LogP contribution in [-0.2, 0) is 4.74 Å². The van der Waals surface area contributed by atoms with Crippen LogP contribution in [0.1, 0.15) is 37.0 Å². The van der Waals surface area contributed by atoms with Gasteiger partial charge in [0.05, 0.1) is 5.60 Å². The first-order valence-corrected chi connectivity index (χ1v) is 6.47. The fourth-order valence-corrected chi connectivity index (χ4v) is 2.14. The Kier molecular flexibility index (Phi) is 5.06. The van der Waals surface area contributed by atoms with E-state index in [9.17, 15) is 9.18 Å². The lowest BCUT2D eigenvalue weighted by Gasteiger charge is -2.22. The molecule has 0 radical (unpaired) electrons. The van der Waals surface area contributed by atoms with Crippen molar-refractivity contribution in [1.29, 1.82) is 0 Å². The van der Waals surface area contributed by atoms with Gasteiger partial charge in [-0.2, -0.15) is 0 Å². The lowest BCUT2D eigenvalue weighted by Crippen LogP contribution is -2.23. The molecule has 0 bridgehead atoms. The number of Topliss-reactive ketones (excluding diaryl/α,β-unsaturated/α-hetero) is 1. The SMILES string of the molecule is COC(C)(C)CCC(=O)c1ccc(F)cc1I. The van der Waals surface area contributed by atoms with Gasteiger partial charge in [0.25, 0.3) is 0 Å². The average Bonchev–Trinajstić information content (AvgIpc) is 2.26. The summed E-state index contributed by atoms with van der Waals surface area (Å²) in [5, 5.41) is 0. The van der Waals surface area contributed by atoms with Crippen LogP contribution in [0.5, 0.6) is 0 Å². The number of methoxy groups -OCH3 is 1. The topological polar surface area (TPSA) is 26.3 Å². The third-order valence-electron chi connectivity index (χ3n) is 2.74. The second-order valence-electron chi connectivity index (χ2n) is 4.51. The van der Waals surface area contributed by atoms with Crippen LogP contribution in [0.15, 0.2) is 18.2 Å². The highest BCUT2D eigenvalue weighted by molar-refractivity contribution is 14.1. The van der Waals surface area contributed by atoms with Gasteiger partial charge in [-0.25, -0.2) is 4.39 Å². The number of hydrogen-bond donors (Lipinski definition) is 0. The second kappa shape index (κ2) is 5.91. The number of carbonyl (C=O) groups excluding carboxylic acids is 1. The van der Waals surface area contributed by atoms with Gasteiger partial charge in [-0.3, -0.25) is 4.79 Å². The van der Waals surface area contributed by atoms with E-state index in [2.05, 4.69) is 0 Å². The van der Waals surface area contributed by atoms with E-state index in [0.29, 0.717) is 22.0 Å². The Hall–Kier alpha value is -0.490. The molecule has 17 heavy (non-hydrogen) atoms. The molecule has 0 aliphatic rings. The minimum Gasteiger partial charge on any atom is -0.379 e. The van der Waals surface area contributed by atoms with E-state index >= 15 is 0 Å². The van der Waals surface area contributed by atoms with Crippen LogP contribution in [0, 0.1) is 9.39 Å². The molecule has 0 unspecified atom stereocenters. The van der Waals surface area contributed by atoms with Crippen molar-refractivity contribution in [1.82, 2.24) is 0 Å². The first-order valence-electron chi connectivity index (χ1n) is 5.39. The minimum absolute atomic E-state index is 0.0273. The fourth-order valence-electron chi connectivity index (χ4n) is 1.37. The van der Waals surface area contributed by atoms with E-state index in [0.717, 1.165) is 0 Å². The van der Waals surface area contributed by atoms with Crippen molar-refractivity contribution in [2.75, 3.05) is 7.11 Å². The summed E-state index contributed by atoms with van der Waals surface area (Å²) >= 11 is 1.98. The van der Waals surface area contributed by atoms with Crippen LogP contribution in [0.3, 0.4) is 0 Å². The third kappa shape index (κ3) is 4.35. The fraction of sp³-hybridized carbons (Fsp3) is 0.462. The molecule has 0 saturated carbocycles. The summed E-state index contributed by atoms with van der Waals surface area (Å²) in [4.78, 5) is 12.0. The number of carbonyl (C=O) groups is 1. The highest BCUT2D eigenvalue weighted by Crippen LogP contribution is 2.20. The van der Waals surface area contributed by atoms with Crippen molar-refractivity contribution < 1.29 is 13.9 Å². The summed E-state index contributed by atoms with van der Waals surface area (Å²) in [6.07, 6.45) is 1.05. The minimum atomic E-state index is -0.317. The van der Waals surface area contributed by atoms with Gasteiger partial charge in [-0.1, -0.05) is 0 Å². The number of hydrogen-bond acceptors (Lipinski definition) is 2. The van der Waals surface area contributed by atoms with Crippen LogP contribution in [0.4, 0.5) is 4.39 Å². The Morgan fingerprint density at radius 3 is 2.65 bits per heavy atom. The molecule has 0 aromatic heterocycles. The summed E-state index contributed by atoms with van der Waals surface area (Å²) in [5.74, 6) is -0.289. The predicted octanol–water partition coefficient (Wildman–Crippen LogP) is 3.82. The highest BCUT2D eigenvalue weighted by Gasteiger charge is 2.19. The molecule has 1 aromatic rings. The average molecular weight is 350 g/mol. The van der Waals surface area contributed by atoms with Crippen molar-refractivity contribution in [2.45, 2.75) is 32.3 Å². The summed E-state index contributed by atoms with van der Waals surface area (Å²) in [6, 6.07) is 4.23. The summed E-state index contributed by atoms with van der Waals surface area (Å²) < 4.78 is 18.8. The molecule has 0 N–H and O–H groups in total. The Morgan fingerprint density at radius 2 is 2.12 bits per heavy atom. The molecule has 0 fully saturated rings. The molecular weight excluding hydrogens is 334 g/mol. The number of rotatable bonds is 5. The maximum Gasteiger partial charge on any atom is 0.164 e. The molecule has 2 nitrogen and oxygen atoms in total. The Balaban J connectivity index is 2.71. The number of ether oxygens (including phenoxy) is 1. The van der Waals surface area contributed by atoms with Crippen molar-refractivity contribution >= 4 is 28.4 Å². The molecule has 0 aliphatic carbocycles. The zero-order valence-corrected chi connectivity index (χ0v) is 12.4. The lowest BCUT2D eigenvalue weighted by atomic mass is 9.98. The van der Waals surface area contributed by atoms with E-state index in [1.54, 1.807) is 13.2 Å². The summed E-state index contributed by atoms with van der Waals surface area (Å²) in [7, 11) is 1.63. The van der Waals surface area contributed by atoms with Crippen LogP contribution < -0.4 is 0 Å². The van der Waals surface area contributed by atoms with E-state index in [1.165, 1.54) is 12.1 Å². The molecule has 4 heteroatoms. The molecule has 0 saturated heterocycles. The Labute approximate surface area is 115 Å². The normalized spacial score (nSPS) is 11.6. The van der Waals surface area contributed by atoms with Gasteiger partial charge >= 0.3 is 0 Å². The Bertz CT molecular complexity index is 416. The molecule has 0 aliphatic heterocycles. The van der Waals surface area contributed by atoms with Gasteiger partial charge in [-0.05, 0) is 61.1 Å². The first-order chi connectivity index (χ1) is 7.85. The molecule has 0 atom stereocenters. The monoisotopic (exact) mass is 350 g/mol.